The number of rotatable bonds is 5. The number of amides is 2. The third-order valence-corrected chi connectivity index (χ3v) is 4.58. The number of aliphatic carboxylic acids is 1. The number of nitrogens with zero attached hydrogens (tertiary/aromatic N) is 1. The topological polar surface area (TPSA) is 86.7 Å². The molecule has 1 aliphatic carbocycles. The molecule has 0 saturated heterocycles. The summed E-state index contributed by atoms with van der Waals surface area (Å²) in [6, 6.07) is 5.41. The number of aryl methyl sites for hydroxylation is 1. The molecule has 1 heterocycles. The van der Waals surface area contributed by atoms with Gasteiger partial charge in [0, 0.05) is 24.3 Å². The van der Waals surface area contributed by atoms with E-state index in [4.69, 9.17) is 5.11 Å². The minimum atomic E-state index is -1.25. The summed E-state index contributed by atoms with van der Waals surface area (Å²) in [6.45, 7) is 2.71. The van der Waals surface area contributed by atoms with Gasteiger partial charge in [0.15, 0.2) is 0 Å². The van der Waals surface area contributed by atoms with Gasteiger partial charge in [-0.25, -0.2) is 0 Å². The van der Waals surface area contributed by atoms with Crippen molar-refractivity contribution in [3.8, 4) is 0 Å². The van der Waals surface area contributed by atoms with Crippen molar-refractivity contribution in [3.63, 3.8) is 0 Å². The molecule has 6 nitrogen and oxygen atoms in total. The van der Waals surface area contributed by atoms with E-state index in [0.717, 1.165) is 17.7 Å². The monoisotopic (exact) mass is 316 g/mol. The first-order valence-corrected chi connectivity index (χ1v) is 7.96. The molecule has 0 radical (unpaired) electrons. The molecule has 1 aromatic rings. The van der Waals surface area contributed by atoms with E-state index >= 15 is 0 Å². The number of carboxylic acid groups (broad SMARTS) is 1. The molecule has 1 aromatic carbocycles. The predicted molar refractivity (Wildman–Crippen MR) is 85.3 cm³/mol. The quantitative estimate of drug-likeness (QED) is 0.815. The second-order valence-corrected chi connectivity index (χ2v) is 6.23. The Morgan fingerprint density at radius 3 is 2.65 bits per heavy atom. The molecule has 0 unspecified atom stereocenters. The van der Waals surface area contributed by atoms with Gasteiger partial charge in [-0.15, -0.1) is 0 Å². The van der Waals surface area contributed by atoms with Crippen molar-refractivity contribution in [2.75, 3.05) is 16.8 Å². The fourth-order valence-electron chi connectivity index (χ4n) is 3.02. The first-order valence-electron chi connectivity index (χ1n) is 7.96. The molecule has 1 aliphatic heterocycles. The van der Waals surface area contributed by atoms with E-state index in [-0.39, 0.29) is 5.91 Å². The maximum atomic E-state index is 12.2. The Hall–Kier alpha value is -2.37. The third kappa shape index (κ3) is 2.69. The molecular formula is C17H20N2O4. The molecule has 1 fully saturated rings. The number of hydrogen-bond donors (Lipinski definition) is 2. The van der Waals surface area contributed by atoms with Crippen LogP contribution in [0.3, 0.4) is 0 Å². The van der Waals surface area contributed by atoms with Gasteiger partial charge in [-0.2, -0.15) is 0 Å². The van der Waals surface area contributed by atoms with Gasteiger partial charge in [-0.1, -0.05) is 6.92 Å². The highest BCUT2D eigenvalue weighted by molar-refractivity contribution is 6.11. The van der Waals surface area contributed by atoms with Crippen LogP contribution in [0, 0.1) is 5.41 Å². The zero-order valence-corrected chi connectivity index (χ0v) is 13.1. The maximum Gasteiger partial charge on any atom is 0.319 e. The van der Waals surface area contributed by atoms with Gasteiger partial charge in [-0.3, -0.25) is 14.4 Å². The van der Waals surface area contributed by atoms with Crippen molar-refractivity contribution < 1.29 is 19.5 Å². The normalized spacial score (nSPS) is 18.3. The van der Waals surface area contributed by atoms with Gasteiger partial charge < -0.3 is 15.3 Å². The van der Waals surface area contributed by atoms with Crippen molar-refractivity contribution in [2.24, 2.45) is 5.41 Å². The van der Waals surface area contributed by atoms with Crippen LogP contribution in [0.25, 0.3) is 0 Å². The maximum absolute atomic E-state index is 12.2. The van der Waals surface area contributed by atoms with Crippen LogP contribution in [0.15, 0.2) is 18.2 Å². The summed E-state index contributed by atoms with van der Waals surface area (Å²) < 4.78 is 0. The Bertz CT molecular complexity index is 679. The Morgan fingerprint density at radius 2 is 2.04 bits per heavy atom. The lowest BCUT2D eigenvalue weighted by molar-refractivity contribution is -0.147. The molecule has 2 amide bonds. The highest BCUT2D eigenvalue weighted by Crippen LogP contribution is 2.47. The number of hydrogen-bond acceptors (Lipinski definition) is 3. The first kappa shape index (κ1) is 15.5. The van der Waals surface area contributed by atoms with Crippen molar-refractivity contribution in [3.05, 3.63) is 23.8 Å². The van der Waals surface area contributed by atoms with Gasteiger partial charge in [0.1, 0.15) is 5.41 Å². The molecule has 2 N–H and O–H groups in total. The molecule has 122 valence electrons. The largest absolute Gasteiger partial charge is 0.480 e. The molecule has 0 spiro atoms. The lowest BCUT2D eigenvalue weighted by Gasteiger charge is -2.29. The highest BCUT2D eigenvalue weighted by atomic mass is 16.4. The Labute approximate surface area is 134 Å². The number of carbonyl (C=O) groups excluding carboxylic acids is 2. The number of benzene rings is 1. The summed E-state index contributed by atoms with van der Waals surface area (Å²) in [5.41, 5.74) is 1.24. The molecule has 0 bridgehead atoms. The summed E-state index contributed by atoms with van der Waals surface area (Å²) in [5.74, 6) is -1.39. The van der Waals surface area contributed by atoms with Crippen LogP contribution in [-0.4, -0.2) is 29.4 Å². The van der Waals surface area contributed by atoms with E-state index in [1.165, 1.54) is 0 Å². The van der Waals surface area contributed by atoms with Gasteiger partial charge >= 0.3 is 5.97 Å². The Kier molecular flexibility index (Phi) is 3.83. The van der Waals surface area contributed by atoms with Crippen molar-refractivity contribution in [1.29, 1.82) is 0 Å². The number of carbonyl (C=O) groups is 3. The Balaban J connectivity index is 1.80. The van der Waals surface area contributed by atoms with Crippen LogP contribution in [0.2, 0.25) is 0 Å². The van der Waals surface area contributed by atoms with E-state index in [1.54, 1.807) is 11.0 Å². The van der Waals surface area contributed by atoms with Crippen LogP contribution < -0.4 is 10.2 Å². The zero-order chi connectivity index (χ0) is 16.6. The van der Waals surface area contributed by atoms with Crippen molar-refractivity contribution >= 4 is 29.2 Å². The van der Waals surface area contributed by atoms with Gasteiger partial charge in [0.05, 0.1) is 0 Å². The third-order valence-electron chi connectivity index (χ3n) is 4.58. The van der Waals surface area contributed by atoms with Crippen molar-refractivity contribution in [1.82, 2.24) is 0 Å². The smallest absolute Gasteiger partial charge is 0.319 e. The lowest BCUT2D eigenvalue weighted by atomic mass is 9.99. The fraction of sp³-hybridized carbons (Fsp3) is 0.471. The number of carboxylic acids is 1. The first-order chi connectivity index (χ1) is 11.0. The standard InChI is InChI=1S/C17H20N2O4/c1-2-9-19-13-5-4-12(10-11(13)3-6-14(19)20)18-15(21)17(7-8-17)16(22)23/h4-5,10H,2-3,6-9H2,1H3,(H,18,21)(H,22,23). The van der Waals surface area contributed by atoms with Gasteiger partial charge in [0.2, 0.25) is 11.8 Å². The molecular weight excluding hydrogens is 296 g/mol. The molecule has 23 heavy (non-hydrogen) atoms. The van der Waals surface area contributed by atoms with Crippen LogP contribution in [-0.2, 0) is 20.8 Å². The minimum Gasteiger partial charge on any atom is -0.480 e. The second kappa shape index (κ2) is 5.68. The average molecular weight is 316 g/mol. The zero-order valence-electron chi connectivity index (χ0n) is 13.1. The van der Waals surface area contributed by atoms with E-state index in [0.29, 0.717) is 37.9 Å². The van der Waals surface area contributed by atoms with E-state index in [9.17, 15) is 14.4 Å². The summed E-state index contributed by atoms with van der Waals surface area (Å²) >= 11 is 0. The van der Waals surface area contributed by atoms with Crippen LogP contribution in [0.5, 0.6) is 0 Å². The van der Waals surface area contributed by atoms with E-state index in [2.05, 4.69) is 5.32 Å². The highest BCUT2D eigenvalue weighted by Gasteiger charge is 2.57. The summed E-state index contributed by atoms with van der Waals surface area (Å²) in [7, 11) is 0. The van der Waals surface area contributed by atoms with Gasteiger partial charge in [0.25, 0.3) is 0 Å². The number of anilines is 2. The molecule has 2 aliphatic rings. The van der Waals surface area contributed by atoms with Crippen molar-refractivity contribution in [2.45, 2.75) is 39.0 Å². The summed E-state index contributed by atoms with van der Waals surface area (Å²) in [5, 5.41) is 11.9. The van der Waals surface area contributed by atoms with E-state index < -0.39 is 17.3 Å². The van der Waals surface area contributed by atoms with E-state index in [1.807, 2.05) is 19.1 Å². The fourth-order valence-corrected chi connectivity index (χ4v) is 3.02. The number of fused-ring (bicyclic) bond motifs is 1. The molecule has 0 atom stereocenters. The average Bonchev–Trinajstić information content (AvgIpc) is 3.32. The number of nitrogens with one attached hydrogen (secondary N) is 1. The lowest BCUT2D eigenvalue weighted by Crippen LogP contribution is -2.35. The minimum absolute atomic E-state index is 0.124. The second-order valence-electron chi connectivity index (χ2n) is 6.23. The predicted octanol–water partition coefficient (Wildman–Crippen LogP) is 2.18. The van der Waals surface area contributed by atoms with Crippen LogP contribution in [0.4, 0.5) is 11.4 Å². The van der Waals surface area contributed by atoms with Crippen LogP contribution in [0.1, 0.15) is 38.2 Å². The molecule has 3 rings (SSSR count). The summed E-state index contributed by atoms with van der Waals surface area (Å²) in [6.07, 6.45) is 2.76. The molecule has 0 aromatic heterocycles. The molecule has 1 saturated carbocycles. The Morgan fingerprint density at radius 1 is 1.30 bits per heavy atom. The SMILES string of the molecule is CCCN1C(=O)CCc2cc(NC(=O)C3(C(=O)O)CC3)ccc21. The molecule has 6 heteroatoms. The summed E-state index contributed by atoms with van der Waals surface area (Å²) in [4.78, 5) is 37.2. The van der Waals surface area contributed by atoms with Gasteiger partial charge in [-0.05, 0) is 49.4 Å². The van der Waals surface area contributed by atoms with Crippen LogP contribution >= 0.6 is 0 Å².